The van der Waals surface area contributed by atoms with E-state index in [1.54, 1.807) is 0 Å². The average Bonchev–Trinajstić information content (AvgIpc) is 2.72. The van der Waals surface area contributed by atoms with Crippen molar-refractivity contribution < 1.29 is 23.9 Å². The molecule has 0 spiro atoms. The van der Waals surface area contributed by atoms with E-state index in [0.29, 0.717) is 6.54 Å². The second-order valence-electron chi connectivity index (χ2n) is 8.30. The van der Waals surface area contributed by atoms with Crippen molar-refractivity contribution in [3.63, 3.8) is 0 Å². The summed E-state index contributed by atoms with van der Waals surface area (Å²) in [7, 11) is 1.24. The number of nitrogens with one attached hydrogen (secondary N) is 3. The summed E-state index contributed by atoms with van der Waals surface area (Å²) >= 11 is 0. The summed E-state index contributed by atoms with van der Waals surface area (Å²) < 4.78 is 4.66. The first-order chi connectivity index (χ1) is 14.2. The van der Waals surface area contributed by atoms with Crippen molar-refractivity contribution in [2.24, 2.45) is 0 Å². The summed E-state index contributed by atoms with van der Waals surface area (Å²) in [6, 6.07) is -2.28. The third-order valence-corrected chi connectivity index (χ3v) is 5.49. The summed E-state index contributed by atoms with van der Waals surface area (Å²) in [4.78, 5) is 53.0. The van der Waals surface area contributed by atoms with Gasteiger partial charge in [-0.3, -0.25) is 4.79 Å². The van der Waals surface area contributed by atoms with Crippen molar-refractivity contribution in [2.45, 2.75) is 77.0 Å². The molecule has 2 fully saturated rings. The van der Waals surface area contributed by atoms with Gasteiger partial charge in [0.15, 0.2) is 0 Å². The molecule has 1 aliphatic heterocycles. The van der Waals surface area contributed by atoms with Crippen LogP contribution in [0.25, 0.3) is 0 Å². The largest absolute Gasteiger partial charge is 0.467 e. The Hall–Kier alpha value is -2.52. The summed E-state index contributed by atoms with van der Waals surface area (Å²) in [6.07, 6.45) is 5.19. The number of ether oxygens (including phenoxy) is 1. The van der Waals surface area contributed by atoms with Crippen LogP contribution in [0, 0.1) is 0 Å². The number of carbonyl (C=O) groups excluding carboxylic acids is 4. The van der Waals surface area contributed by atoms with E-state index in [-0.39, 0.29) is 37.2 Å². The highest BCUT2D eigenvalue weighted by Crippen LogP contribution is 2.19. The first kappa shape index (κ1) is 23.8. The molecule has 10 nitrogen and oxygen atoms in total. The summed E-state index contributed by atoms with van der Waals surface area (Å²) in [6.45, 7) is 5.84. The number of nitrogens with zero attached hydrogens (tertiary/aromatic N) is 2. The first-order valence-electron chi connectivity index (χ1n) is 10.7. The Morgan fingerprint density at radius 2 is 1.60 bits per heavy atom. The maximum atomic E-state index is 12.9. The lowest BCUT2D eigenvalue weighted by Crippen LogP contribution is -2.65. The lowest BCUT2D eigenvalue weighted by Gasteiger charge is -2.41. The SMILES string of the molecule is COC(=O)C(C)NC(=O)C1CN(C(=O)NC(C)C)CCN1C(=O)NC1CCCCC1. The fraction of sp³-hybridized carbons (Fsp3) is 0.800. The smallest absolute Gasteiger partial charge is 0.328 e. The molecule has 0 aromatic carbocycles. The first-order valence-corrected chi connectivity index (χ1v) is 10.7. The zero-order chi connectivity index (χ0) is 22.3. The molecule has 2 aliphatic rings. The van der Waals surface area contributed by atoms with E-state index in [2.05, 4.69) is 20.7 Å². The van der Waals surface area contributed by atoms with Gasteiger partial charge in [0.05, 0.1) is 13.7 Å². The average molecular weight is 426 g/mol. The molecule has 30 heavy (non-hydrogen) atoms. The second-order valence-corrected chi connectivity index (χ2v) is 8.30. The number of hydrogen-bond donors (Lipinski definition) is 3. The van der Waals surface area contributed by atoms with Gasteiger partial charge in [-0.1, -0.05) is 19.3 Å². The minimum atomic E-state index is -0.896. The van der Waals surface area contributed by atoms with Crippen LogP contribution in [0.4, 0.5) is 9.59 Å². The van der Waals surface area contributed by atoms with Crippen LogP contribution in [0.3, 0.4) is 0 Å². The van der Waals surface area contributed by atoms with Crippen LogP contribution >= 0.6 is 0 Å². The molecule has 3 N–H and O–H groups in total. The molecular weight excluding hydrogens is 390 g/mol. The van der Waals surface area contributed by atoms with Crippen molar-refractivity contribution >= 4 is 23.9 Å². The topological polar surface area (TPSA) is 120 Å². The van der Waals surface area contributed by atoms with Gasteiger partial charge < -0.3 is 30.5 Å². The lowest BCUT2D eigenvalue weighted by molar-refractivity contribution is -0.145. The maximum absolute atomic E-state index is 12.9. The molecule has 1 saturated carbocycles. The van der Waals surface area contributed by atoms with Gasteiger partial charge in [0.2, 0.25) is 5.91 Å². The van der Waals surface area contributed by atoms with Crippen molar-refractivity contribution in [3.8, 4) is 0 Å². The highest BCUT2D eigenvalue weighted by molar-refractivity contribution is 5.91. The summed E-state index contributed by atoms with van der Waals surface area (Å²) in [5.74, 6) is -1.07. The standard InChI is InChI=1S/C20H35N5O5/c1-13(2)21-19(28)24-10-11-25(20(29)23-15-8-6-5-7-9-15)16(12-24)17(26)22-14(3)18(27)30-4/h13-16H,5-12H2,1-4H3,(H,21,28)(H,22,26)(H,23,29). The minimum Gasteiger partial charge on any atom is -0.467 e. The fourth-order valence-electron chi connectivity index (χ4n) is 3.82. The third-order valence-electron chi connectivity index (χ3n) is 5.49. The van der Waals surface area contributed by atoms with Gasteiger partial charge in [-0.05, 0) is 33.6 Å². The molecule has 0 aromatic rings. The number of hydrogen-bond acceptors (Lipinski definition) is 5. The van der Waals surface area contributed by atoms with Gasteiger partial charge in [0, 0.05) is 25.2 Å². The molecule has 0 bridgehead atoms. The van der Waals surface area contributed by atoms with Crippen LogP contribution in [0.1, 0.15) is 52.9 Å². The highest BCUT2D eigenvalue weighted by Gasteiger charge is 2.38. The number of piperazine rings is 1. The number of amides is 5. The Labute approximate surface area is 178 Å². The Morgan fingerprint density at radius 1 is 0.933 bits per heavy atom. The van der Waals surface area contributed by atoms with Crippen molar-refractivity contribution in [3.05, 3.63) is 0 Å². The predicted molar refractivity (Wildman–Crippen MR) is 111 cm³/mol. The molecule has 1 aliphatic carbocycles. The molecule has 2 rings (SSSR count). The van der Waals surface area contributed by atoms with Gasteiger partial charge in [0.25, 0.3) is 0 Å². The number of carbonyl (C=O) groups is 4. The Bertz CT molecular complexity index is 635. The van der Waals surface area contributed by atoms with Crippen LogP contribution in [-0.4, -0.2) is 84.6 Å². The summed E-state index contributed by atoms with van der Waals surface area (Å²) in [5.41, 5.74) is 0. The quantitative estimate of drug-likeness (QED) is 0.563. The molecule has 2 unspecified atom stereocenters. The van der Waals surface area contributed by atoms with Crippen LogP contribution in [0.15, 0.2) is 0 Å². The van der Waals surface area contributed by atoms with Crippen LogP contribution < -0.4 is 16.0 Å². The molecule has 1 heterocycles. The Balaban J connectivity index is 2.10. The number of rotatable bonds is 5. The van der Waals surface area contributed by atoms with Crippen molar-refractivity contribution in [1.82, 2.24) is 25.8 Å². The Morgan fingerprint density at radius 3 is 2.20 bits per heavy atom. The fourth-order valence-corrected chi connectivity index (χ4v) is 3.82. The monoisotopic (exact) mass is 425 g/mol. The molecule has 0 aromatic heterocycles. The van der Waals surface area contributed by atoms with E-state index < -0.39 is 24.0 Å². The zero-order valence-electron chi connectivity index (χ0n) is 18.4. The van der Waals surface area contributed by atoms with Gasteiger partial charge in [0.1, 0.15) is 12.1 Å². The molecule has 170 valence electrons. The van der Waals surface area contributed by atoms with Crippen LogP contribution in [0.5, 0.6) is 0 Å². The maximum Gasteiger partial charge on any atom is 0.328 e. The minimum absolute atomic E-state index is 0.0447. The molecule has 10 heteroatoms. The number of methoxy groups -OCH3 is 1. The van der Waals surface area contributed by atoms with Gasteiger partial charge in [-0.25, -0.2) is 14.4 Å². The van der Waals surface area contributed by atoms with Crippen molar-refractivity contribution in [2.75, 3.05) is 26.7 Å². The second kappa shape index (κ2) is 11.0. The van der Waals surface area contributed by atoms with E-state index >= 15 is 0 Å². The Kier molecular flexibility index (Phi) is 8.73. The van der Waals surface area contributed by atoms with E-state index in [1.807, 2.05) is 13.8 Å². The van der Waals surface area contributed by atoms with E-state index in [0.717, 1.165) is 25.7 Å². The van der Waals surface area contributed by atoms with Gasteiger partial charge in [-0.2, -0.15) is 0 Å². The third kappa shape index (κ3) is 6.50. The normalized spacial score (nSPS) is 21.0. The van der Waals surface area contributed by atoms with E-state index in [9.17, 15) is 19.2 Å². The molecule has 5 amide bonds. The van der Waals surface area contributed by atoms with E-state index in [1.165, 1.54) is 30.3 Å². The highest BCUT2D eigenvalue weighted by atomic mass is 16.5. The molecule has 2 atom stereocenters. The molecule has 1 saturated heterocycles. The predicted octanol–water partition coefficient (Wildman–Crippen LogP) is 0.811. The lowest BCUT2D eigenvalue weighted by atomic mass is 9.95. The van der Waals surface area contributed by atoms with Crippen molar-refractivity contribution in [1.29, 1.82) is 0 Å². The molecule has 0 radical (unpaired) electrons. The summed E-state index contributed by atoms with van der Waals surface area (Å²) in [5, 5.41) is 8.44. The van der Waals surface area contributed by atoms with Gasteiger partial charge >= 0.3 is 18.0 Å². The van der Waals surface area contributed by atoms with Crippen LogP contribution in [0.2, 0.25) is 0 Å². The zero-order valence-corrected chi connectivity index (χ0v) is 18.4. The van der Waals surface area contributed by atoms with Gasteiger partial charge in [-0.15, -0.1) is 0 Å². The van der Waals surface area contributed by atoms with E-state index in [4.69, 9.17) is 0 Å². The number of urea groups is 2. The number of esters is 1. The molecular formula is C20H35N5O5. The van der Waals surface area contributed by atoms with Crippen LogP contribution in [-0.2, 0) is 14.3 Å².